The van der Waals surface area contributed by atoms with E-state index in [2.05, 4.69) is 48.5 Å². The third kappa shape index (κ3) is 20.7. The van der Waals surface area contributed by atoms with E-state index in [4.69, 9.17) is 0 Å². The van der Waals surface area contributed by atoms with E-state index >= 15 is 17.6 Å². The van der Waals surface area contributed by atoms with E-state index in [1.165, 1.54) is 42.5 Å². The van der Waals surface area contributed by atoms with Crippen molar-refractivity contribution >= 4 is 45.5 Å². The van der Waals surface area contributed by atoms with Crippen molar-refractivity contribution in [3.8, 4) is 89.0 Å². The zero-order valence-electron chi connectivity index (χ0n) is 71.8. The van der Waals surface area contributed by atoms with Gasteiger partial charge in [0.25, 0.3) is 0 Å². The third-order valence-electron chi connectivity index (χ3n) is 21.1. The van der Waals surface area contributed by atoms with Crippen LogP contribution in [0.25, 0.3) is 89.0 Å². The lowest BCUT2D eigenvalue weighted by molar-refractivity contribution is 0.527. The molecule has 16 rings (SSSR count). The summed E-state index contributed by atoms with van der Waals surface area (Å²) in [5.74, 6) is -3.05. The summed E-state index contributed by atoms with van der Waals surface area (Å²) in [6.45, 7) is 23.4. The molecule has 624 valence electrons. The quantitative estimate of drug-likeness (QED) is 0.0894. The molecule has 0 heterocycles. The molecule has 0 N–H and O–H groups in total. The Kier molecular flexibility index (Phi) is 27.3. The van der Waals surface area contributed by atoms with Crippen LogP contribution in [-0.2, 0) is 0 Å². The molecule has 0 fully saturated rings. The third-order valence-corrected chi connectivity index (χ3v) is 21.1. The minimum Gasteiger partial charge on any atom is -0.331 e. The summed E-state index contributed by atoms with van der Waals surface area (Å²) in [7, 11) is 0. The first-order valence-electron chi connectivity index (χ1n) is 41.4. The molecule has 124 heavy (non-hydrogen) atoms. The minimum absolute atomic E-state index is 0.344. The predicted octanol–water partition coefficient (Wildman–Crippen LogP) is 32.9. The van der Waals surface area contributed by atoms with Crippen LogP contribution in [0.1, 0.15) is 83.1 Å². The van der Waals surface area contributed by atoms with E-state index in [-0.39, 0.29) is 46.5 Å². The zero-order chi connectivity index (χ0) is 88.0. The highest BCUT2D eigenvalue weighted by molar-refractivity contribution is 5.89. The second-order valence-corrected chi connectivity index (χ2v) is 34.2. The normalized spacial score (nSPS) is 11.4. The summed E-state index contributed by atoms with van der Waals surface area (Å²) in [6, 6.07) is 119. The summed E-state index contributed by atoms with van der Waals surface area (Å²) in [4.78, 5) is 6.91. The van der Waals surface area contributed by atoms with Crippen LogP contribution in [0.2, 0.25) is 0 Å². The minimum atomic E-state index is -0.552. The second-order valence-electron chi connectivity index (χ2n) is 34.2. The monoisotopic (exact) mass is 1650 g/mol. The van der Waals surface area contributed by atoms with Gasteiger partial charge in [-0.25, -0.2) is 35.1 Å². The van der Waals surface area contributed by atoms with E-state index in [1.54, 1.807) is 123 Å². The standard InChI is InChI=1S/4C28H25F2N/c1-28(2,3)31(24-17-11-10-16-23(24)29)25-19-18-22(20-12-6-4-7-13-20)26(27(25)30)21-14-8-5-9-15-21;1-28(2,3)31(26-15-8-7-13-24(26)29)27-23(12-9-14-25(27)30)22-18-16-21(17-19-22)20-10-5-4-6-11-20;1-28(2,3)31(26-12-8-7-11-24(26)29)27-18-17-23(19-25(27)30)22-15-13-21(14-16-22)20-9-5-4-6-10-20;1-28(2,3)31(26-12-8-7-11-24(26)29)27-19-23(17-18-25(27)30)22-15-13-21(14-16-22)20-9-5-4-6-10-20/h4*4-19H,1-3H3. The smallest absolute Gasteiger partial charge is 0.155 e. The van der Waals surface area contributed by atoms with Gasteiger partial charge >= 0.3 is 0 Å². The number of hydrogen-bond acceptors (Lipinski definition) is 4. The second kappa shape index (κ2) is 38.5. The molecule has 0 saturated heterocycles. The van der Waals surface area contributed by atoms with Gasteiger partial charge in [-0.15, -0.1) is 0 Å². The summed E-state index contributed by atoms with van der Waals surface area (Å²) >= 11 is 0. The molecule has 0 aliphatic heterocycles. The van der Waals surface area contributed by atoms with Gasteiger partial charge in [-0.3, -0.25) is 0 Å². The highest BCUT2D eigenvalue weighted by Crippen LogP contribution is 2.47. The molecule has 12 heteroatoms. The Morgan fingerprint density at radius 3 is 0.782 bits per heavy atom. The molecule has 16 aromatic rings. The molecular weight excluding hydrogens is 1550 g/mol. The molecule has 0 amide bonds. The van der Waals surface area contributed by atoms with Crippen molar-refractivity contribution in [3.63, 3.8) is 0 Å². The number of nitrogens with zero attached hydrogens (tertiary/aromatic N) is 4. The van der Waals surface area contributed by atoms with E-state index in [9.17, 15) is 17.6 Å². The van der Waals surface area contributed by atoms with Crippen molar-refractivity contribution in [2.45, 2.75) is 105 Å². The van der Waals surface area contributed by atoms with Gasteiger partial charge in [-0.1, -0.05) is 303 Å². The molecule has 0 radical (unpaired) electrons. The van der Waals surface area contributed by atoms with Gasteiger partial charge in [-0.2, -0.15) is 0 Å². The Labute approximate surface area is 725 Å². The fourth-order valence-electron chi connectivity index (χ4n) is 15.5. The number of para-hydroxylation sites is 5. The Bertz CT molecular complexity index is 6240. The molecule has 0 bridgehead atoms. The van der Waals surface area contributed by atoms with Crippen molar-refractivity contribution < 1.29 is 35.1 Å². The van der Waals surface area contributed by atoms with Crippen molar-refractivity contribution in [2.75, 3.05) is 19.6 Å². The van der Waals surface area contributed by atoms with Gasteiger partial charge < -0.3 is 19.6 Å². The van der Waals surface area contributed by atoms with Crippen LogP contribution in [0, 0.1) is 46.5 Å². The fourth-order valence-corrected chi connectivity index (χ4v) is 15.5. The van der Waals surface area contributed by atoms with E-state index in [0.29, 0.717) is 51.1 Å². The fraction of sp³-hybridized carbons (Fsp3) is 0.143. The molecule has 0 unspecified atom stereocenters. The first-order chi connectivity index (χ1) is 59.4. The van der Waals surface area contributed by atoms with Crippen LogP contribution in [0.5, 0.6) is 0 Å². The Morgan fingerprint density at radius 2 is 0.411 bits per heavy atom. The zero-order valence-corrected chi connectivity index (χ0v) is 71.8. The topological polar surface area (TPSA) is 13.0 Å². The van der Waals surface area contributed by atoms with Gasteiger partial charge in [0.05, 0.1) is 45.5 Å². The maximum absolute atomic E-state index is 16.3. The van der Waals surface area contributed by atoms with Gasteiger partial charge in [0.2, 0.25) is 0 Å². The van der Waals surface area contributed by atoms with Crippen LogP contribution in [0.3, 0.4) is 0 Å². The van der Waals surface area contributed by atoms with E-state index < -0.39 is 22.2 Å². The molecule has 0 aliphatic rings. The number of hydrogen-bond donors (Lipinski definition) is 0. The largest absolute Gasteiger partial charge is 0.331 e. The Balaban J connectivity index is 0.000000142. The molecule has 0 spiro atoms. The predicted molar refractivity (Wildman–Crippen MR) is 502 cm³/mol. The first-order valence-corrected chi connectivity index (χ1v) is 41.4. The van der Waals surface area contributed by atoms with Crippen LogP contribution in [-0.4, -0.2) is 22.2 Å². The molecule has 0 atom stereocenters. The van der Waals surface area contributed by atoms with Crippen molar-refractivity contribution in [1.82, 2.24) is 0 Å². The Hall–Kier alpha value is -13.8. The highest BCUT2D eigenvalue weighted by Gasteiger charge is 2.34. The summed E-state index contributed by atoms with van der Waals surface area (Å²) in [5, 5.41) is 0. The lowest BCUT2D eigenvalue weighted by atomic mass is 9.92. The SMILES string of the molecule is CC(C)(C)N(c1ccccc1F)c1c(F)cccc1-c1ccc(-c2ccccc2)cc1.CC(C)(C)N(c1ccccc1F)c1cc(-c2ccc(-c3ccccc3)cc2)ccc1F.CC(C)(C)N(c1ccccc1F)c1ccc(-c2ccc(-c3ccccc3)cc2)cc1F.CC(C)(C)N(c1ccccc1F)c1ccc(-c2ccccc2)c(-c2ccccc2)c1F. The molecule has 4 nitrogen and oxygen atoms in total. The maximum Gasteiger partial charge on any atom is 0.155 e. The number of rotatable bonds is 16. The van der Waals surface area contributed by atoms with E-state index in [0.717, 1.165) is 83.5 Å². The summed E-state index contributed by atoms with van der Waals surface area (Å²) < 4.78 is 121. The first kappa shape index (κ1) is 88.0. The molecule has 0 saturated carbocycles. The molecular formula is C112H100F8N4. The average Bonchev–Trinajstić information content (AvgIpc) is 0.869. The van der Waals surface area contributed by atoms with Gasteiger partial charge in [0, 0.05) is 33.3 Å². The van der Waals surface area contributed by atoms with Crippen molar-refractivity contribution in [2.24, 2.45) is 0 Å². The van der Waals surface area contributed by atoms with Crippen LogP contribution in [0.15, 0.2) is 388 Å². The Morgan fingerprint density at radius 1 is 0.161 bits per heavy atom. The summed E-state index contributed by atoms with van der Waals surface area (Å²) in [5.41, 5.74) is 15.6. The maximum atomic E-state index is 16.3. The molecule has 16 aromatic carbocycles. The van der Waals surface area contributed by atoms with Gasteiger partial charge in [0.1, 0.15) is 40.7 Å². The van der Waals surface area contributed by atoms with Crippen LogP contribution in [0.4, 0.5) is 80.6 Å². The molecule has 0 aliphatic carbocycles. The number of benzene rings is 16. The van der Waals surface area contributed by atoms with Crippen molar-refractivity contribution in [1.29, 1.82) is 0 Å². The van der Waals surface area contributed by atoms with E-state index in [1.807, 2.05) is 277 Å². The average molecular weight is 1650 g/mol. The lowest BCUT2D eigenvalue weighted by Gasteiger charge is -2.39. The van der Waals surface area contributed by atoms with Crippen LogP contribution < -0.4 is 19.6 Å². The molecule has 0 aromatic heterocycles. The number of halogens is 8. The lowest BCUT2D eigenvalue weighted by Crippen LogP contribution is -2.39. The van der Waals surface area contributed by atoms with Crippen molar-refractivity contribution in [3.05, 3.63) is 435 Å². The van der Waals surface area contributed by atoms with Crippen LogP contribution >= 0.6 is 0 Å². The van der Waals surface area contributed by atoms with Gasteiger partial charge in [0.15, 0.2) is 5.82 Å². The van der Waals surface area contributed by atoms with Gasteiger partial charge in [-0.05, 0) is 246 Å². The summed E-state index contributed by atoms with van der Waals surface area (Å²) in [6.07, 6.45) is 0. The highest BCUT2D eigenvalue weighted by atomic mass is 19.2. The number of anilines is 8.